The maximum Gasteiger partial charge on any atom is 0.236 e. The Bertz CT molecular complexity index is 348. The summed E-state index contributed by atoms with van der Waals surface area (Å²) in [6.45, 7) is 5.82. The van der Waals surface area contributed by atoms with Gasteiger partial charge in [-0.15, -0.1) is 0 Å². The topological polar surface area (TPSA) is 84.2 Å². The fourth-order valence-electron chi connectivity index (χ4n) is 2.89. The van der Waals surface area contributed by atoms with Gasteiger partial charge in [0.05, 0.1) is 6.04 Å². The van der Waals surface area contributed by atoms with Gasteiger partial charge in [0, 0.05) is 19.5 Å². The molecule has 2 amide bonds. The van der Waals surface area contributed by atoms with Crippen LogP contribution in [-0.2, 0) is 9.59 Å². The van der Waals surface area contributed by atoms with E-state index in [1.165, 1.54) is 57.8 Å². The number of nitrogens with one attached hydrogen (secondary N) is 2. The molecule has 1 atom stereocenters. The second-order valence-electron chi connectivity index (χ2n) is 7.32. The molecule has 0 aromatic carbocycles. The average Bonchev–Trinajstić information content (AvgIpc) is 2.64. The van der Waals surface area contributed by atoms with E-state index >= 15 is 0 Å². The van der Waals surface area contributed by atoms with Crippen molar-refractivity contribution in [2.24, 2.45) is 5.73 Å². The zero-order valence-electron chi connectivity index (χ0n) is 17.3. The Morgan fingerprint density at radius 2 is 1.19 bits per heavy atom. The van der Waals surface area contributed by atoms with Crippen LogP contribution in [0.5, 0.6) is 0 Å². The Balaban J connectivity index is 3.53. The third-order valence-corrected chi connectivity index (χ3v) is 4.70. The number of hydrogen-bond donors (Lipinski definition) is 3. The van der Waals surface area contributed by atoms with Gasteiger partial charge in [-0.3, -0.25) is 9.59 Å². The van der Waals surface area contributed by atoms with E-state index in [2.05, 4.69) is 24.5 Å². The molecule has 0 aliphatic heterocycles. The first-order chi connectivity index (χ1) is 12.6. The van der Waals surface area contributed by atoms with Crippen LogP contribution in [0.1, 0.15) is 104 Å². The first-order valence-electron chi connectivity index (χ1n) is 10.9. The zero-order valence-corrected chi connectivity index (χ0v) is 17.3. The molecule has 1 unspecified atom stereocenters. The van der Waals surface area contributed by atoms with Gasteiger partial charge in [-0.2, -0.15) is 0 Å². The van der Waals surface area contributed by atoms with Gasteiger partial charge in [0.25, 0.3) is 0 Å². The normalized spacial score (nSPS) is 12.0. The SMILES string of the molecule is CCCCCCCCNC(=O)CCC(N)C(=O)NCCCCCCCC. The Hall–Kier alpha value is -1.10. The average molecular weight is 370 g/mol. The first kappa shape index (κ1) is 24.9. The van der Waals surface area contributed by atoms with Gasteiger partial charge in [-0.25, -0.2) is 0 Å². The second kappa shape index (κ2) is 18.7. The molecule has 0 heterocycles. The van der Waals surface area contributed by atoms with Crippen molar-refractivity contribution in [3.63, 3.8) is 0 Å². The number of unbranched alkanes of at least 4 members (excludes halogenated alkanes) is 10. The molecule has 26 heavy (non-hydrogen) atoms. The van der Waals surface area contributed by atoms with Gasteiger partial charge in [0.15, 0.2) is 0 Å². The molecule has 0 aromatic heterocycles. The minimum atomic E-state index is -0.588. The number of amides is 2. The van der Waals surface area contributed by atoms with E-state index in [4.69, 9.17) is 5.73 Å². The Morgan fingerprint density at radius 3 is 1.73 bits per heavy atom. The monoisotopic (exact) mass is 369 g/mol. The molecule has 0 aliphatic rings. The second-order valence-corrected chi connectivity index (χ2v) is 7.32. The lowest BCUT2D eigenvalue weighted by atomic mass is 10.1. The van der Waals surface area contributed by atoms with Crippen molar-refractivity contribution >= 4 is 11.8 Å². The molecule has 0 rings (SSSR count). The Morgan fingerprint density at radius 1 is 0.731 bits per heavy atom. The van der Waals surface area contributed by atoms with Gasteiger partial charge in [-0.1, -0.05) is 78.1 Å². The number of carbonyl (C=O) groups is 2. The molecule has 0 aliphatic carbocycles. The largest absolute Gasteiger partial charge is 0.356 e. The highest BCUT2D eigenvalue weighted by Crippen LogP contribution is 2.05. The lowest BCUT2D eigenvalue weighted by Gasteiger charge is -2.12. The number of hydrogen-bond acceptors (Lipinski definition) is 3. The van der Waals surface area contributed by atoms with Crippen molar-refractivity contribution in [2.75, 3.05) is 13.1 Å². The van der Waals surface area contributed by atoms with Crippen LogP contribution >= 0.6 is 0 Å². The third kappa shape index (κ3) is 16.4. The van der Waals surface area contributed by atoms with Crippen LogP contribution in [0.25, 0.3) is 0 Å². The minimum absolute atomic E-state index is 0.00210. The first-order valence-corrected chi connectivity index (χ1v) is 10.9. The van der Waals surface area contributed by atoms with E-state index in [0.29, 0.717) is 19.4 Å². The van der Waals surface area contributed by atoms with Crippen molar-refractivity contribution in [3.05, 3.63) is 0 Å². The van der Waals surface area contributed by atoms with Crippen LogP contribution in [0.3, 0.4) is 0 Å². The molecule has 5 heteroatoms. The van der Waals surface area contributed by atoms with E-state index in [1.807, 2.05) is 0 Å². The Labute approximate surface area is 161 Å². The molecule has 5 nitrogen and oxygen atoms in total. The third-order valence-electron chi connectivity index (χ3n) is 4.70. The van der Waals surface area contributed by atoms with Crippen LogP contribution in [0.2, 0.25) is 0 Å². The highest BCUT2D eigenvalue weighted by atomic mass is 16.2. The van der Waals surface area contributed by atoms with Crippen LogP contribution in [0.15, 0.2) is 0 Å². The molecule has 4 N–H and O–H groups in total. The summed E-state index contributed by atoms with van der Waals surface area (Å²) in [7, 11) is 0. The summed E-state index contributed by atoms with van der Waals surface area (Å²) in [5, 5.41) is 5.80. The fourth-order valence-corrected chi connectivity index (χ4v) is 2.89. The van der Waals surface area contributed by atoms with Crippen molar-refractivity contribution in [1.29, 1.82) is 0 Å². The number of nitrogens with two attached hydrogens (primary N) is 1. The van der Waals surface area contributed by atoms with E-state index in [0.717, 1.165) is 25.8 Å². The minimum Gasteiger partial charge on any atom is -0.356 e. The van der Waals surface area contributed by atoms with Crippen LogP contribution < -0.4 is 16.4 Å². The van der Waals surface area contributed by atoms with Crippen molar-refractivity contribution in [2.45, 2.75) is 110 Å². The summed E-state index contributed by atoms with van der Waals surface area (Å²) in [5.74, 6) is -0.139. The lowest BCUT2D eigenvalue weighted by molar-refractivity contribution is -0.123. The maximum atomic E-state index is 11.9. The van der Waals surface area contributed by atoms with Crippen LogP contribution in [0, 0.1) is 0 Å². The predicted molar refractivity (Wildman–Crippen MR) is 110 cm³/mol. The van der Waals surface area contributed by atoms with E-state index < -0.39 is 6.04 Å². The highest BCUT2D eigenvalue weighted by molar-refractivity contribution is 5.82. The maximum absolute atomic E-state index is 11.9. The number of rotatable bonds is 18. The molecular formula is C21H43N3O2. The van der Waals surface area contributed by atoms with Gasteiger partial charge in [-0.05, 0) is 19.3 Å². The molecule has 0 radical (unpaired) electrons. The smallest absolute Gasteiger partial charge is 0.236 e. The molecule has 0 aromatic rings. The number of carbonyl (C=O) groups excluding carboxylic acids is 2. The molecular weight excluding hydrogens is 326 g/mol. The Kier molecular flexibility index (Phi) is 17.9. The summed E-state index contributed by atoms with van der Waals surface area (Å²) in [4.78, 5) is 23.7. The van der Waals surface area contributed by atoms with Crippen LogP contribution in [-0.4, -0.2) is 30.9 Å². The molecule has 154 valence electrons. The predicted octanol–water partition coefficient (Wildman–Crippen LogP) is 4.05. The summed E-state index contributed by atoms with van der Waals surface area (Å²) in [5.41, 5.74) is 5.88. The molecule has 0 fully saturated rings. The lowest BCUT2D eigenvalue weighted by Crippen LogP contribution is -2.41. The van der Waals surface area contributed by atoms with Crippen molar-refractivity contribution in [3.8, 4) is 0 Å². The zero-order chi connectivity index (χ0) is 19.5. The molecule has 0 spiro atoms. The fraction of sp³-hybridized carbons (Fsp3) is 0.905. The molecule has 0 bridgehead atoms. The quantitative estimate of drug-likeness (QED) is 0.319. The van der Waals surface area contributed by atoms with Crippen molar-refractivity contribution < 1.29 is 9.59 Å². The summed E-state index contributed by atoms with van der Waals surface area (Å²) in [6, 6.07) is -0.588. The van der Waals surface area contributed by atoms with Gasteiger partial charge in [0.2, 0.25) is 11.8 Å². The summed E-state index contributed by atoms with van der Waals surface area (Å²) in [6.07, 6.45) is 15.2. The molecule has 0 saturated heterocycles. The van der Waals surface area contributed by atoms with Crippen LogP contribution in [0.4, 0.5) is 0 Å². The van der Waals surface area contributed by atoms with E-state index in [-0.39, 0.29) is 11.8 Å². The van der Waals surface area contributed by atoms with Gasteiger partial charge < -0.3 is 16.4 Å². The standard InChI is InChI=1S/C21H43N3O2/c1-3-5-7-9-11-13-17-23-20(25)16-15-19(22)21(26)24-18-14-12-10-8-6-4-2/h19H,3-18,22H2,1-2H3,(H,23,25)(H,24,26). The van der Waals surface area contributed by atoms with Crippen molar-refractivity contribution in [1.82, 2.24) is 10.6 Å². The molecule has 0 saturated carbocycles. The van der Waals surface area contributed by atoms with Gasteiger partial charge >= 0.3 is 0 Å². The van der Waals surface area contributed by atoms with Gasteiger partial charge in [0.1, 0.15) is 0 Å². The summed E-state index contributed by atoms with van der Waals surface area (Å²) < 4.78 is 0. The summed E-state index contributed by atoms with van der Waals surface area (Å²) >= 11 is 0. The van der Waals surface area contributed by atoms with E-state index in [9.17, 15) is 9.59 Å². The van der Waals surface area contributed by atoms with E-state index in [1.54, 1.807) is 0 Å². The highest BCUT2D eigenvalue weighted by Gasteiger charge is 2.14.